The highest BCUT2D eigenvalue weighted by Crippen LogP contribution is 2.33. The fourth-order valence-corrected chi connectivity index (χ4v) is 6.20. The predicted molar refractivity (Wildman–Crippen MR) is 182 cm³/mol. The number of nitrogens with zero attached hydrogens (tertiary/aromatic N) is 4. The van der Waals surface area contributed by atoms with E-state index in [4.69, 9.17) is 36.3 Å². The maximum Gasteiger partial charge on any atom is 0.254 e. The number of hydrogen-bond donors (Lipinski definition) is 2. The molecule has 1 aliphatic heterocycles. The number of anilines is 1. The largest absolute Gasteiger partial charge is 0.490 e. The molecule has 1 heterocycles. The monoisotopic (exact) mass is 722 g/mol. The molecule has 268 valence electrons. The minimum atomic E-state index is -0.712. The van der Waals surface area contributed by atoms with Gasteiger partial charge in [-0.15, -0.1) is 0 Å². The lowest BCUT2D eigenvalue weighted by Crippen LogP contribution is -2.61. The van der Waals surface area contributed by atoms with E-state index in [2.05, 4.69) is 0 Å². The van der Waals surface area contributed by atoms with Crippen molar-refractivity contribution >= 4 is 29.1 Å². The van der Waals surface area contributed by atoms with E-state index in [9.17, 15) is 18.4 Å². The zero-order valence-electron chi connectivity index (χ0n) is 27.5. The number of hydrogen-bond acceptors (Lipinski definition) is 9. The van der Waals surface area contributed by atoms with Crippen molar-refractivity contribution in [3.8, 4) is 11.5 Å². The minimum absolute atomic E-state index is 0.00559. The van der Waals surface area contributed by atoms with Gasteiger partial charge >= 0.3 is 0 Å². The van der Waals surface area contributed by atoms with Crippen molar-refractivity contribution < 1.29 is 43.1 Å². The highest BCUT2D eigenvalue weighted by molar-refractivity contribution is 6.31. The van der Waals surface area contributed by atoms with Crippen LogP contribution < -0.4 is 14.4 Å². The van der Waals surface area contributed by atoms with E-state index in [1.807, 2.05) is 40.1 Å². The molecular weight excluding hydrogens is 686 g/mol. The Morgan fingerprint density at radius 3 is 2.39 bits per heavy atom. The lowest BCUT2D eigenvalue weighted by Gasteiger charge is -2.43. The number of halogens is 3. The van der Waals surface area contributed by atoms with Crippen LogP contribution >= 0.6 is 11.6 Å². The summed E-state index contributed by atoms with van der Waals surface area (Å²) in [4.78, 5) is 38.6. The zero-order chi connectivity index (χ0) is 35.9. The molecule has 0 radical (unpaired) electrons. The molecule has 1 saturated carbocycles. The van der Waals surface area contributed by atoms with Gasteiger partial charge in [0.15, 0.2) is 11.6 Å². The molecule has 2 amide bonds. The summed E-state index contributed by atoms with van der Waals surface area (Å²) in [5.41, 5.74) is 2.52. The van der Waals surface area contributed by atoms with E-state index in [1.54, 1.807) is 47.4 Å². The highest BCUT2D eigenvalue weighted by atomic mass is 35.5. The average molecular weight is 723 g/mol. The number of piperazine rings is 1. The number of amides is 2. The molecule has 51 heavy (non-hydrogen) atoms. The summed E-state index contributed by atoms with van der Waals surface area (Å²) in [5.74, 6) is -1.34. The van der Waals surface area contributed by atoms with E-state index in [1.165, 1.54) is 0 Å². The Morgan fingerprint density at radius 1 is 0.882 bits per heavy atom. The zero-order valence-corrected chi connectivity index (χ0v) is 28.3. The second kappa shape index (κ2) is 16.5. The number of benzene rings is 4. The molecule has 2 aliphatic rings. The van der Waals surface area contributed by atoms with Crippen molar-refractivity contribution in [2.45, 2.75) is 38.1 Å². The van der Waals surface area contributed by atoms with Crippen LogP contribution in [-0.2, 0) is 22.8 Å². The Hall–Kier alpha value is -4.79. The number of carbonyl (C=O) groups is 2. The maximum atomic E-state index is 14.5. The molecule has 0 aromatic heterocycles. The van der Waals surface area contributed by atoms with Crippen LogP contribution in [0.3, 0.4) is 0 Å². The Morgan fingerprint density at radius 2 is 1.65 bits per heavy atom. The van der Waals surface area contributed by atoms with Gasteiger partial charge in [-0.05, 0) is 78.6 Å². The van der Waals surface area contributed by atoms with Gasteiger partial charge in [0.25, 0.3) is 5.91 Å². The Labute approximate surface area is 298 Å². The third-order valence-electron chi connectivity index (χ3n) is 8.71. The van der Waals surface area contributed by atoms with Gasteiger partial charge in [-0.25, -0.2) is 13.6 Å². The van der Waals surface area contributed by atoms with Gasteiger partial charge in [0.05, 0.1) is 18.5 Å². The standard InChI is InChI=1S/C37H37ClF2N4O7/c38-32-7-2-1-5-27(32)22-43(30-9-10-30)37(46)34-23-41(36(45)26-6-3-4-25(20-26)24-51-44(47)48)16-17-42(34)29-11-13-31(14-12-29)49-18-19-50-35-21-28(39)8-15-33(35)40/h1-8,11-15,20-21,30,34,47-48H,9-10,16-19,22-24H2/t34-/m1/s1. The van der Waals surface area contributed by atoms with Crippen molar-refractivity contribution in [2.24, 2.45) is 0 Å². The number of carbonyl (C=O) groups excluding carboxylic acids is 2. The van der Waals surface area contributed by atoms with Crippen LogP contribution in [0.5, 0.6) is 11.5 Å². The van der Waals surface area contributed by atoms with Crippen molar-refractivity contribution in [3.63, 3.8) is 0 Å². The SMILES string of the molecule is O=C(c1cccc(CON(O)O)c1)N1CCN(c2ccc(OCCOc3cc(F)ccc3F)cc2)[C@@H](C(=O)N(Cc2ccccc2Cl)C2CC2)C1. The van der Waals surface area contributed by atoms with Gasteiger partial charge in [-0.1, -0.05) is 41.9 Å². The quantitative estimate of drug-likeness (QED) is 0.118. The van der Waals surface area contributed by atoms with E-state index in [-0.39, 0.29) is 55.4 Å². The number of ether oxygens (including phenoxy) is 2. The first-order valence-corrected chi connectivity index (χ1v) is 16.8. The van der Waals surface area contributed by atoms with Crippen molar-refractivity contribution in [2.75, 3.05) is 37.7 Å². The second-order valence-corrected chi connectivity index (χ2v) is 12.6. The Balaban J connectivity index is 1.18. The summed E-state index contributed by atoms with van der Waals surface area (Å²) in [6, 6.07) is 23.6. The fraction of sp³-hybridized carbons (Fsp3) is 0.297. The summed E-state index contributed by atoms with van der Waals surface area (Å²) in [7, 11) is 0. The molecule has 4 aromatic rings. The van der Waals surface area contributed by atoms with Crippen LogP contribution in [0, 0.1) is 11.6 Å². The van der Waals surface area contributed by atoms with E-state index in [0.29, 0.717) is 41.5 Å². The Kier molecular flexibility index (Phi) is 11.6. The smallest absolute Gasteiger partial charge is 0.254 e. The number of rotatable bonds is 14. The van der Waals surface area contributed by atoms with Crippen molar-refractivity contribution in [3.05, 3.63) is 124 Å². The molecule has 1 aliphatic carbocycles. The van der Waals surface area contributed by atoms with Gasteiger partial charge in [0, 0.05) is 48.0 Å². The molecule has 0 bridgehead atoms. The summed E-state index contributed by atoms with van der Waals surface area (Å²) in [5, 5.41) is 18.0. The van der Waals surface area contributed by atoms with E-state index < -0.39 is 17.7 Å². The third-order valence-corrected chi connectivity index (χ3v) is 9.08. The van der Waals surface area contributed by atoms with E-state index >= 15 is 0 Å². The van der Waals surface area contributed by atoms with Gasteiger partial charge < -0.3 is 24.2 Å². The second-order valence-electron chi connectivity index (χ2n) is 12.2. The van der Waals surface area contributed by atoms with Crippen LogP contribution in [0.1, 0.15) is 34.3 Å². The normalized spacial score (nSPS) is 15.9. The predicted octanol–water partition coefficient (Wildman–Crippen LogP) is 6.11. The van der Waals surface area contributed by atoms with Crippen LogP contribution in [0.15, 0.2) is 91.0 Å². The molecule has 0 unspecified atom stereocenters. The molecule has 6 rings (SSSR count). The fourth-order valence-electron chi connectivity index (χ4n) is 6.00. The summed E-state index contributed by atoms with van der Waals surface area (Å²) in [6.07, 6.45) is 1.75. The third kappa shape index (κ3) is 9.31. The van der Waals surface area contributed by atoms with Gasteiger partial charge in [0.1, 0.15) is 30.8 Å². The topological polar surface area (TPSA) is 115 Å². The molecule has 11 nitrogen and oxygen atoms in total. The highest BCUT2D eigenvalue weighted by Gasteiger charge is 2.41. The molecule has 2 N–H and O–H groups in total. The maximum absolute atomic E-state index is 14.5. The first-order chi connectivity index (χ1) is 24.7. The molecular formula is C37H37ClF2N4O7. The first kappa shape index (κ1) is 36.0. The van der Waals surface area contributed by atoms with Crippen LogP contribution in [0.2, 0.25) is 5.02 Å². The Bertz CT molecular complexity index is 1830. The summed E-state index contributed by atoms with van der Waals surface area (Å²) >= 11 is 6.51. The molecule has 4 aromatic carbocycles. The van der Waals surface area contributed by atoms with Gasteiger partial charge in [0.2, 0.25) is 5.91 Å². The van der Waals surface area contributed by atoms with Crippen LogP contribution in [0.4, 0.5) is 14.5 Å². The molecule has 1 atom stereocenters. The van der Waals surface area contributed by atoms with Crippen LogP contribution in [0.25, 0.3) is 0 Å². The van der Waals surface area contributed by atoms with Gasteiger partial charge in [-0.2, -0.15) is 0 Å². The minimum Gasteiger partial charge on any atom is -0.490 e. The van der Waals surface area contributed by atoms with Crippen molar-refractivity contribution in [1.29, 1.82) is 0 Å². The van der Waals surface area contributed by atoms with Crippen LogP contribution in [-0.4, -0.2) is 82.4 Å². The lowest BCUT2D eigenvalue weighted by atomic mass is 10.0. The van der Waals surface area contributed by atoms with E-state index in [0.717, 1.165) is 42.3 Å². The summed E-state index contributed by atoms with van der Waals surface area (Å²) < 4.78 is 38.4. The average Bonchev–Trinajstić information content (AvgIpc) is 3.99. The molecule has 2 fully saturated rings. The molecule has 1 saturated heterocycles. The first-order valence-electron chi connectivity index (χ1n) is 16.5. The molecule has 14 heteroatoms. The van der Waals surface area contributed by atoms with Gasteiger partial charge in [-0.3, -0.25) is 20.0 Å². The lowest BCUT2D eigenvalue weighted by molar-refractivity contribution is -0.497. The van der Waals surface area contributed by atoms with Crippen molar-refractivity contribution in [1.82, 2.24) is 15.2 Å². The molecule has 0 spiro atoms. The summed E-state index contributed by atoms with van der Waals surface area (Å²) in [6.45, 7) is 1.08.